The minimum absolute atomic E-state index is 0.449. The van der Waals surface area contributed by atoms with Crippen LogP contribution in [0.15, 0.2) is 60.7 Å². The molecule has 0 atom stereocenters. The van der Waals surface area contributed by atoms with Gasteiger partial charge in [-0.3, -0.25) is 5.32 Å². The van der Waals surface area contributed by atoms with Crippen molar-refractivity contribution in [2.45, 2.75) is 26.4 Å². The van der Waals surface area contributed by atoms with Crippen molar-refractivity contribution < 1.29 is 14.3 Å². The van der Waals surface area contributed by atoms with E-state index >= 15 is 0 Å². The van der Waals surface area contributed by atoms with Gasteiger partial charge in [0.05, 0.1) is 5.69 Å². The van der Waals surface area contributed by atoms with Crippen molar-refractivity contribution in [3.05, 3.63) is 66.2 Å². The molecule has 0 aromatic heterocycles. The number of benzene rings is 2. The van der Waals surface area contributed by atoms with E-state index in [1.807, 2.05) is 87.5 Å². The zero-order valence-electron chi connectivity index (χ0n) is 14.3. The Morgan fingerprint density at radius 3 is 2.42 bits per heavy atom. The second-order valence-electron chi connectivity index (χ2n) is 6.24. The molecule has 2 aromatic rings. The highest BCUT2D eigenvalue weighted by Gasteiger charge is 2.16. The van der Waals surface area contributed by atoms with E-state index < -0.39 is 11.7 Å². The van der Waals surface area contributed by atoms with Gasteiger partial charge in [-0.25, -0.2) is 4.79 Å². The molecule has 4 nitrogen and oxygen atoms in total. The lowest BCUT2D eigenvalue weighted by Crippen LogP contribution is -2.27. The quantitative estimate of drug-likeness (QED) is 0.829. The average Bonchev–Trinajstić information content (AvgIpc) is 2.52. The molecule has 1 amide bonds. The summed E-state index contributed by atoms with van der Waals surface area (Å²) in [4.78, 5) is 11.9. The van der Waals surface area contributed by atoms with Crippen LogP contribution in [0.3, 0.4) is 0 Å². The molecule has 0 aliphatic heterocycles. The van der Waals surface area contributed by atoms with Crippen molar-refractivity contribution in [1.29, 1.82) is 0 Å². The lowest BCUT2D eigenvalue weighted by molar-refractivity contribution is 0.0636. The standard InChI is InChI=1S/C20H23NO3/c1-20(2,3)24-19(22)21-18-14-8-7-10-16(18)11-9-15-23-17-12-5-4-6-13-17/h4-14H,15H2,1-3H3,(H,21,22)/b11-9+. The van der Waals surface area contributed by atoms with E-state index in [0.717, 1.165) is 11.3 Å². The maximum atomic E-state index is 11.9. The number of carbonyl (C=O) groups is 1. The summed E-state index contributed by atoms with van der Waals surface area (Å²) >= 11 is 0. The van der Waals surface area contributed by atoms with E-state index in [0.29, 0.717) is 12.3 Å². The van der Waals surface area contributed by atoms with Gasteiger partial charge in [-0.1, -0.05) is 42.5 Å². The average molecular weight is 325 g/mol. The molecule has 0 aliphatic carbocycles. The summed E-state index contributed by atoms with van der Waals surface area (Å²) in [5.41, 5.74) is 1.06. The zero-order chi connectivity index (χ0) is 17.4. The summed E-state index contributed by atoms with van der Waals surface area (Å²) in [7, 11) is 0. The zero-order valence-corrected chi connectivity index (χ0v) is 14.3. The molecule has 0 saturated heterocycles. The normalized spacial score (nSPS) is 11.3. The summed E-state index contributed by atoms with van der Waals surface area (Å²) in [6, 6.07) is 17.2. The molecular formula is C20H23NO3. The SMILES string of the molecule is CC(C)(C)OC(=O)Nc1ccccc1/C=C/COc1ccccc1. The third-order valence-electron chi connectivity index (χ3n) is 2.98. The van der Waals surface area contributed by atoms with E-state index in [1.54, 1.807) is 0 Å². The summed E-state index contributed by atoms with van der Waals surface area (Å²) in [5, 5.41) is 2.77. The molecule has 126 valence electrons. The van der Waals surface area contributed by atoms with Crippen LogP contribution in [0.2, 0.25) is 0 Å². The Hall–Kier alpha value is -2.75. The molecule has 24 heavy (non-hydrogen) atoms. The van der Waals surface area contributed by atoms with Crippen LogP contribution in [-0.4, -0.2) is 18.3 Å². The number of hydrogen-bond acceptors (Lipinski definition) is 3. The second kappa shape index (κ2) is 8.20. The fourth-order valence-corrected chi connectivity index (χ4v) is 2.01. The highest BCUT2D eigenvalue weighted by atomic mass is 16.6. The maximum Gasteiger partial charge on any atom is 0.412 e. The molecule has 2 aromatic carbocycles. The van der Waals surface area contributed by atoms with E-state index in [9.17, 15) is 4.79 Å². The molecule has 0 unspecified atom stereocenters. The van der Waals surface area contributed by atoms with E-state index in [-0.39, 0.29) is 0 Å². The van der Waals surface area contributed by atoms with Crippen molar-refractivity contribution in [1.82, 2.24) is 0 Å². The summed E-state index contributed by atoms with van der Waals surface area (Å²) in [6.45, 7) is 5.95. The van der Waals surface area contributed by atoms with Crippen LogP contribution in [0, 0.1) is 0 Å². The molecule has 0 spiro atoms. The maximum absolute atomic E-state index is 11.9. The minimum atomic E-state index is -0.529. The third-order valence-corrected chi connectivity index (χ3v) is 2.98. The van der Waals surface area contributed by atoms with E-state index in [4.69, 9.17) is 9.47 Å². The van der Waals surface area contributed by atoms with E-state index in [1.165, 1.54) is 0 Å². The van der Waals surface area contributed by atoms with Crippen molar-refractivity contribution in [3.63, 3.8) is 0 Å². The number of nitrogens with one attached hydrogen (secondary N) is 1. The highest BCUT2D eigenvalue weighted by molar-refractivity contribution is 5.88. The number of amides is 1. The monoisotopic (exact) mass is 325 g/mol. The summed E-state index contributed by atoms with van der Waals surface area (Å²) in [6.07, 6.45) is 3.35. The Morgan fingerprint density at radius 1 is 1.04 bits per heavy atom. The van der Waals surface area contributed by atoms with Crippen molar-refractivity contribution in [2.75, 3.05) is 11.9 Å². The van der Waals surface area contributed by atoms with Crippen LogP contribution in [-0.2, 0) is 4.74 Å². The number of para-hydroxylation sites is 2. The largest absolute Gasteiger partial charge is 0.490 e. The molecule has 0 saturated carbocycles. The Morgan fingerprint density at radius 2 is 1.71 bits per heavy atom. The number of carbonyl (C=O) groups excluding carboxylic acids is 1. The first-order chi connectivity index (χ1) is 11.4. The van der Waals surface area contributed by atoms with Gasteiger partial charge in [0, 0.05) is 0 Å². The van der Waals surface area contributed by atoms with Crippen LogP contribution in [0.25, 0.3) is 6.08 Å². The smallest absolute Gasteiger partial charge is 0.412 e. The van der Waals surface area contributed by atoms with Gasteiger partial charge >= 0.3 is 6.09 Å². The van der Waals surface area contributed by atoms with Crippen molar-refractivity contribution in [2.24, 2.45) is 0 Å². The van der Waals surface area contributed by atoms with Crippen LogP contribution < -0.4 is 10.1 Å². The topological polar surface area (TPSA) is 47.6 Å². The first-order valence-corrected chi connectivity index (χ1v) is 7.87. The molecule has 4 heteroatoms. The highest BCUT2D eigenvalue weighted by Crippen LogP contribution is 2.18. The van der Waals surface area contributed by atoms with Crippen LogP contribution >= 0.6 is 0 Å². The molecule has 0 fully saturated rings. The van der Waals surface area contributed by atoms with Gasteiger partial charge in [-0.2, -0.15) is 0 Å². The van der Waals surface area contributed by atoms with Gasteiger partial charge in [0.2, 0.25) is 0 Å². The number of anilines is 1. The third kappa shape index (κ3) is 6.16. The number of rotatable bonds is 5. The molecule has 1 N–H and O–H groups in total. The number of hydrogen-bond donors (Lipinski definition) is 1. The first-order valence-electron chi connectivity index (χ1n) is 7.87. The first kappa shape index (κ1) is 17.6. The summed E-state index contributed by atoms with van der Waals surface area (Å²) < 4.78 is 10.9. The predicted molar refractivity (Wildman–Crippen MR) is 97.3 cm³/mol. The molecular weight excluding hydrogens is 302 g/mol. The van der Waals surface area contributed by atoms with Crippen LogP contribution in [0.5, 0.6) is 5.75 Å². The molecule has 0 radical (unpaired) electrons. The van der Waals surface area contributed by atoms with Gasteiger partial charge in [-0.15, -0.1) is 0 Å². The van der Waals surface area contributed by atoms with Gasteiger partial charge in [0.15, 0.2) is 0 Å². The molecule has 0 bridgehead atoms. The Labute approximate surface area is 143 Å². The van der Waals surface area contributed by atoms with Gasteiger partial charge in [-0.05, 0) is 50.6 Å². The Kier molecular flexibility index (Phi) is 6.01. The lowest BCUT2D eigenvalue weighted by Gasteiger charge is -2.20. The van der Waals surface area contributed by atoms with Gasteiger partial charge < -0.3 is 9.47 Å². The Bertz CT molecular complexity index is 688. The fraction of sp³-hybridized carbons (Fsp3) is 0.250. The second-order valence-corrected chi connectivity index (χ2v) is 6.24. The van der Waals surface area contributed by atoms with Gasteiger partial charge in [0.1, 0.15) is 18.0 Å². The Balaban J connectivity index is 1.95. The van der Waals surface area contributed by atoms with Crippen LogP contribution in [0.4, 0.5) is 10.5 Å². The van der Waals surface area contributed by atoms with Crippen molar-refractivity contribution >= 4 is 17.9 Å². The minimum Gasteiger partial charge on any atom is -0.490 e. The fourth-order valence-electron chi connectivity index (χ4n) is 2.01. The summed E-state index contributed by atoms with van der Waals surface area (Å²) in [5.74, 6) is 0.822. The van der Waals surface area contributed by atoms with Gasteiger partial charge in [0.25, 0.3) is 0 Å². The van der Waals surface area contributed by atoms with E-state index in [2.05, 4.69) is 5.32 Å². The molecule has 0 heterocycles. The molecule has 0 aliphatic rings. The predicted octanol–water partition coefficient (Wildman–Crippen LogP) is 5.13. The number of ether oxygens (including phenoxy) is 2. The lowest BCUT2D eigenvalue weighted by atomic mass is 10.1. The van der Waals surface area contributed by atoms with Crippen LogP contribution in [0.1, 0.15) is 26.3 Å². The van der Waals surface area contributed by atoms with Crippen molar-refractivity contribution in [3.8, 4) is 5.75 Å². The molecule has 2 rings (SSSR count).